The van der Waals surface area contributed by atoms with Crippen LogP contribution in [0.4, 0.5) is 0 Å². The van der Waals surface area contributed by atoms with E-state index in [4.69, 9.17) is 41.5 Å². The van der Waals surface area contributed by atoms with Crippen LogP contribution >= 0.6 is 11.6 Å². The lowest BCUT2D eigenvalue weighted by molar-refractivity contribution is 1.07. The van der Waals surface area contributed by atoms with Crippen molar-refractivity contribution in [1.82, 2.24) is 43.6 Å². The summed E-state index contributed by atoms with van der Waals surface area (Å²) in [6, 6.07) is 140. The second-order valence-electron chi connectivity index (χ2n) is 29.7. The number of aromatic nitrogens is 9. The molecule has 0 spiro atoms. The van der Waals surface area contributed by atoms with Crippen LogP contribution in [0.3, 0.4) is 0 Å². The average molecular weight is 1520 g/mol. The molecule has 5 aromatic heterocycles. The van der Waals surface area contributed by atoms with E-state index in [1.807, 2.05) is 84.9 Å². The second kappa shape index (κ2) is 28.7. The molecule has 0 radical (unpaired) electrons. The van der Waals surface area contributed by atoms with Gasteiger partial charge in [-0.2, -0.15) is 0 Å². The zero-order valence-electron chi connectivity index (χ0n) is 63.2. The Morgan fingerprint density at radius 2 is 0.564 bits per heavy atom. The molecule has 0 bridgehead atoms. The highest BCUT2D eigenvalue weighted by Gasteiger charge is 2.26. The van der Waals surface area contributed by atoms with Gasteiger partial charge in [-0.05, 0) is 146 Å². The summed E-state index contributed by atoms with van der Waals surface area (Å²) in [5.41, 5.74) is 21.3. The van der Waals surface area contributed by atoms with Crippen molar-refractivity contribution in [2.24, 2.45) is 0 Å². The van der Waals surface area contributed by atoms with Crippen molar-refractivity contribution < 1.29 is 0 Å². The van der Waals surface area contributed by atoms with E-state index in [9.17, 15) is 0 Å². The maximum atomic E-state index is 6.59. The van der Waals surface area contributed by atoms with Crippen molar-refractivity contribution in [3.8, 4) is 96.5 Å². The predicted octanol–water partition coefficient (Wildman–Crippen LogP) is 27.6. The van der Waals surface area contributed by atoms with Crippen LogP contribution in [0.5, 0.6) is 0 Å². The average Bonchev–Trinajstić information content (AvgIpc) is 1.59. The van der Waals surface area contributed by atoms with Gasteiger partial charge < -0.3 is 13.7 Å². The first-order valence-corrected chi connectivity index (χ1v) is 39.9. The molecule has 10 heteroatoms. The lowest BCUT2D eigenvalue weighted by Gasteiger charge is -2.15. The fourth-order valence-electron chi connectivity index (χ4n) is 17.6. The molecule has 1 aliphatic rings. The van der Waals surface area contributed by atoms with Gasteiger partial charge in [0.15, 0.2) is 34.9 Å². The van der Waals surface area contributed by atoms with E-state index < -0.39 is 0 Å². The standard InChI is InChI=1S/C53H33N5.C37H23ClN4.C17H12/c1-3-16-34(17-4-1)51-54-52(56-53(55-51)44-28-14-26-42-40-22-9-11-29-46(40)57(50(42)44)37-20-5-2-6-21-37)43-27-13-25-39-38(43)24-15-31-48(39)58-47-30-12-10-23-41(47)45-32-35-18-7-8-19-36(35)33-49(45)58;38-32-22-11-17-26-27(32)18-9-20-30(26)36-39-35(24-12-3-1-4-13-24)40-37(41-36)31-21-10-19-29-28-16-7-8-23-33(28)42(34(29)31)25-14-5-2-6-15-25;1-2-6-13-11-17-15(9-12(13)5-1)10-14-7-3-4-8-16(14)17/h1-33H;1-23H;1-9,11H,10H2. The third-order valence-electron chi connectivity index (χ3n) is 22.9. The van der Waals surface area contributed by atoms with Crippen LogP contribution in [0.15, 0.2) is 400 Å². The number of fused-ring (bicyclic) bond motifs is 16. The Hall–Kier alpha value is -15.3. The summed E-state index contributed by atoms with van der Waals surface area (Å²) in [5, 5.41) is 17.1. The number of para-hydroxylation sites is 7. The Balaban J connectivity index is 0.000000121. The van der Waals surface area contributed by atoms with Crippen LogP contribution in [0.1, 0.15) is 11.1 Å². The lowest BCUT2D eigenvalue weighted by atomic mass is 10.0. The topological polar surface area (TPSA) is 92.1 Å². The molecule has 0 atom stereocenters. The molecule has 24 rings (SSSR count). The van der Waals surface area contributed by atoms with E-state index in [1.165, 1.54) is 76.4 Å². The summed E-state index contributed by atoms with van der Waals surface area (Å²) in [5.74, 6) is 3.71. The molecular formula is C107H68ClN9. The van der Waals surface area contributed by atoms with Gasteiger partial charge in [-0.1, -0.05) is 327 Å². The number of halogens is 1. The van der Waals surface area contributed by atoms with Crippen molar-refractivity contribution in [3.63, 3.8) is 0 Å². The summed E-state index contributed by atoms with van der Waals surface area (Å²) in [6.45, 7) is 0. The highest BCUT2D eigenvalue weighted by Crippen LogP contribution is 2.45. The van der Waals surface area contributed by atoms with Crippen LogP contribution in [0.2, 0.25) is 5.02 Å². The summed E-state index contributed by atoms with van der Waals surface area (Å²) in [4.78, 5) is 31.1. The number of nitrogens with zero attached hydrogens (tertiary/aromatic N) is 9. The van der Waals surface area contributed by atoms with Crippen molar-refractivity contribution in [2.75, 3.05) is 0 Å². The molecule has 0 aliphatic heterocycles. The van der Waals surface area contributed by atoms with Gasteiger partial charge in [0.05, 0.1) is 38.8 Å². The largest absolute Gasteiger partial charge is 0.309 e. The fourth-order valence-corrected chi connectivity index (χ4v) is 17.9. The Morgan fingerprint density at radius 3 is 1.11 bits per heavy atom. The molecule has 0 unspecified atom stereocenters. The Labute approximate surface area is 678 Å². The lowest BCUT2D eigenvalue weighted by Crippen LogP contribution is -2.02. The van der Waals surface area contributed by atoms with Crippen LogP contribution in [-0.2, 0) is 6.42 Å². The van der Waals surface area contributed by atoms with E-state index in [0.717, 1.165) is 111 Å². The van der Waals surface area contributed by atoms with E-state index in [0.29, 0.717) is 40.0 Å². The second-order valence-corrected chi connectivity index (χ2v) is 30.1. The van der Waals surface area contributed by atoms with E-state index in [1.54, 1.807) is 0 Å². The minimum Gasteiger partial charge on any atom is -0.309 e. The third-order valence-corrected chi connectivity index (χ3v) is 23.3. The molecule has 548 valence electrons. The molecule has 0 N–H and O–H groups in total. The van der Waals surface area contributed by atoms with Crippen LogP contribution in [0, 0.1) is 0 Å². The first-order chi connectivity index (χ1) is 58.0. The van der Waals surface area contributed by atoms with Crippen molar-refractivity contribution in [3.05, 3.63) is 417 Å². The van der Waals surface area contributed by atoms with Gasteiger partial charge in [0.1, 0.15) is 0 Å². The van der Waals surface area contributed by atoms with Crippen molar-refractivity contribution in [2.45, 2.75) is 6.42 Å². The monoisotopic (exact) mass is 1510 g/mol. The first kappa shape index (κ1) is 68.5. The van der Waals surface area contributed by atoms with Crippen LogP contribution in [0.25, 0.3) is 205 Å². The summed E-state index contributed by atoms with van der Waals surface area (Å²) in [6.07, 6.45) is 1.08. The predicted molar refractivity (Wildman–Crippen MR) is 485 cm³/mol. The van der Waals surface area contributed by atoms with E-state index in [-0.39, 0.29) is 0 Å². The molecule has 0 fully saturated rings. The summed E-state index contributed by atoms with van der Waals surface area (Å²) >= 11 is 6.59. The minimum absolute atomic E-state index is 0.603. The normalized spacial score (nSPS) is 11.8. The van der Waals surface area contributed by atoms with Gasteiger partial charge in [0.25, 0.3) is 0 Å². The molecule has 0 saturated carbocycles. The fraction of sp³-hybridized carbons (Fsp3) is 0.00935. The molecular weight excluding hydrogens is 1450 g/mol. The van der Waals surface area contributed by atoms with Crippen LogP contribution < -0.4 is 0 Å². The first-order valence-electron chi connectivity index (χ1n) is 39.5. The van der Waals surface area contributed by atoms with Gasteiger partial charge in [-0.25, -0.2) is 29.9 Å². The number of hydrogen-bond acceptors (Lipinski definition) is 6. The smallest absolute Gasteiger partial charge is 0.166 e. The van der Waals surface area contributed by atoms with Gasteiger partial charge >= 0.3 is 0 Å². The number of rotatable bonds is 9. The number of benzene rings is 18. The summed E-state index contributed by atoms with van der Waals surface area (Å²) in [7, 11) is 0. The quantitative estimate of drug-likeness (QED) is 0.143. The highest BCUT2D eigenvalue weighted by molar-refractivity contribution is 6.36. The van der Waals surface area contributed by atoms with Crippen molar-refractivity contribution in [1.29, 1.82) is 0 Å². The number of hydrogen-bond donors (Lipinski definition) is 0. The Kier molecular flexibility index (Phi) is 16.8. The molecule has 0 saturated heterocycles. The zero-order valence-corrected chi connectivity index (χ0v) is 64.0. The third kappa shape index (κ3) is 11.9. The summed E-state index contributed by atoms with van der Waals surface area (Å²) < 4.78 is 7.06. The highest BCUT2D eigenvalue weighted by atomic mass is 35.5. The van der Waals surface area contributed by atoms with Gasteiger partial charge in [-0.15, -0.1) is 0 Å². The molecule has 1 aliphatic carbocycles. The van der Waals surface area contributed by atoms with Crippen molar-refractivity contribution >= 4 is 120 Å². The molecule has 0 amide bonds. The van der Waals surface area contributed by atoms with Gasteiger partial charge in [-0.3, -0.25) is 0 Å². The molecule has 18 aromatic carbocycles. The minimum atomic E-state index is 0.603. The molecule has 117 heavy (non-hydrogen) atoms. The molecule has 5 heterocycles. The molecule has 23 aromatic rings. The zero-order chi connectivity index (χ0) is 77.4. The van der Waals surface area contributed by atoms with Gasteiger partial charge in [0.2, 0.25) is 0 Å². The maximum absolute atomic E-state index is 6.59. The molecule has 9 nitrogen and oxygen atoms in total. The Morgan fingerprint density at radius 1 is 0.205 bits per heavy atom. The Bertz CT molecular complexity index is 7870. The van der Waals surface area contributed by atoms with E-state index in [2.05, 4.69) is 329 Å². The SMILES string of the molecule is Clc1cccc2c(-c3nc(-c4ccccc4)nc(-c4cccc5c6ccccc6n(-c6ccccc6)c45)n3)cccc12.c1ccc(-c2nc(-c3cccc4c(-n5c6ccccc6c6cc7ccccc7cc65)cccc34)nc(-c3cccc4c5ccccc5n(-c5ccccc5)c34)n2)cc1.c1ccc2c(c1)Cc1cc3ccccc3cc1-2. The van der Waals surface area contributed by atoms with Gasteiger partial charge in [0, 0.05) is 92.9 Å². The van der Waals surface area contributed by atoms with E-state index >= 15 is 0 Å². The van der Waals surface area contributed by atoms with Crippen LogP contribution in [-0.4, -0.2) is 43.6 Å². The maximum Gasteiger partial charge on any atom is 0.166 e.